The molecule has 1 fully saturated rings. The van der Waals surface area contributed by atoms with Crippen LogP contribution in [0.3, 0.4) is 0 Å². The second-order valence-electron chi connectivity index (χ2n) is 8.09. The molecular formula is C23H31N5O7S. The minimum absolute atomic E-state index is 0.00725. The predicted molar refractivity (Wildman–Crippen MR) is 133 cm³/mol. The zero-order valence-electron chi connectivity index (χ0n) is 20.1. The summed E-state index contributed by atoms with van der Waals surface area (Å²) in [4.78, 5) is 49.2. The van der Waals surface area contributed by atoms with Crippen molar-refractivity contribution in [3.05, 3.63) is 23.4 Å². The number of amides is 4. The Morgan fingerprint density at radius 2 is 2.14 bits per heavy atom. The van der Waals surface area contributed by atoms with Crippen LogP contribution < -0.4 is 21.3 Å². The molecule has 1 saturated heterocycles. The fourth-order valence-corrected chi connectivity index (χ4v) is 3.63. The van der Waals surface area contributed by atoms with Crippen molar-refractivity contribution in [2.75, 3.05) is 33.3 Å². The first-order valence-corrected chi connectivity index (χ1v) is 11.7. The molecule has 0 aliphatic carbocycles. The van der Waals surface area contributed by atoms with Crippen LogP contribution in [0.15, 0.2) is 23.4 Å². The van der Waals surface area contributed by atoms with Crippen molar-refractivity contribution in [2.24, 2.45) is 5.92 Å². The summed E-state index contributed by atoms with van der Waals surface area (Å²) in [5.74, 6) is 4.26. The Morgan fingerprint density at radius 1 is 1.39 bits per heavy atom. The van der Waals surface area contributed by atoms with Gasteiger partial charge >= 0.3 is 6.03 Å². The van der Waals surface area contributed by atoms with Gasteiger partial charge in [0.05, 0.1) is 30.7 Å². The fraction of sp³-hybridized carbons (Fsp3) is 0.522. The molecule has 2 aliphatic rings. The molecule has 1 unspecified atom stereocenters. The summed E-state index contributed by atoms with van der Waals surface area (Å²) in [5, 5.41) is 29.9. The van der Waals surface area contributed by atoms with Crippen LogP contribution in [0.5, 0.6) is 0 Å². The summed E-state index contributed by atoms with van der Waals surface area (Å²) in [6.07, 6.45) is 0.830. The number of nitrogens with zero attached hydrogens (tertiary/aromatic N) is 1. The summed E-state index contributed by atoms with van der Waals surface area (Å²) >= 11 is 5.01. The van der Waals surface area contributed by atoms with Gasteiger partial charge in [0.25, 0.3) is 0 Å². The fourth-order valence-electron chi connectivity index (χ4n) is 3.46. The normalized spacial score (nSPS) is 23.7. The molecule has 13 heteroatoms. The molecule has 196 valence electrons. The Hall–Kier alpha value is -3.15. The highest BCUT2D eigenvalue weighted by Crippen LogP contribution is 2.24. The molecule has 6 N–H and O–H groups in total. The molecule has 2 rings (SSSR count). The first kappa shape index (κ1) is 29.1. The monoisotopic (exact) mass is 521 g/mol. The van der Waals surface area contributed by atoms with E-state index in [0.29, 0.717) is 24.4 Å². The number of ether oxygens (including phenoxy) is 1. The Bertz CT molecular complexity index is 987. The van der Waals surface area contributed by atoms with E-state index in [1.165, 1.54) is 13.2 Å². The van der Waals surface area contributed by atoms with Crippen molar-refractivity contribution < 1.29 is 34.1 Å². The number of aliphatic hydroxyl groups is 2. The molecule has 0 aromatic carbocycles. The van der Waals surface area contributed by atoms with E-state index in [1.807, 2.05) is 0 Å². The first-order valence-electron chi connectivity index (χ1n) is 11.3. The van der Waals surface area contributed by atoms with Crippen LogP contribution in [-0.2, 0) is 19.1 Å². The van der Waals surface area contributed by atoms with E-state index in [1.54, 1.807) is 13.0 Å². The Kier molecular flexibility index (Phi) is 11.6. The second kappa shape index (κ2) is 14.4. The standard InChI is InChI=1S/C23H31N5O7S/c1-14-8-16(21(33)27-22(14)36)9-19(32)26-7-6-25-5-3-4-15(12-29)11-28(23(34)24-2)20-10-17(31)18(13-30)35-20/h8,11-12,16-18,20,25,30-31H,5-7,9-10,13H2,1-2H3,(H,24,34)(H,26,32)(H,27,33,36)/b15-11-/t16?,17-,18+,20+/m0/s1. The molecule has 0 saturated carbocycles. The van der Waals surface area contributed by atoms with Gasteiger partial charge in [0.1, 0.15) is 17.3 Å². The number of aldehydes is 1. The lowest BCUT2D eigenvalue weighted by Gasteiger charge is -2.24. The van der Waals surface area contributed by atoms with E-state index in [9.17, 15) is 29.4 Å². The average Bonchev–Trinajstić information content (AvgIpc) is 3.23. The molecule has 0 bridgehead atoms. The summed E-state index contributed by atoms with van der Waals surface area (Å²) in [7, 11) is 1.41. The molecule has 0 aromatic rings. The third kappa shape index (κ3) is 8.51. The van der Waals surface area contributed by atoms with Crippen molar-refractivity contribution >= 4 is 41.3 Å². The predicted octanol–water partition coefficient (Wildman–Crippen LogP) is -1.70. The number of aliphatic hydroxyl groups excluding tert-OH is 2. The third-order valence-electron chi connectivity index (χ3n) is 5.41. The van der Waals surface area contributed by atoms with Gasteiger partial charge in [-0.1, -0.05) is 30.1 Å². The topological polar surface area (TPSA) is 169 Å². The van der Waals surface area contributed by atoms with Crippen LogP contribution >= 0.6 is 12.2 Å². The minimum atomic E-state index is -0.949. The minimum Gasteiger partial charge on any atom is -0.394 e. The zero-order valence-corrected chi connectivity index (χ0v) is 20.9. The summed E-state index contributed by atoms with van der Waals surface area (Å²) in [6.45, 7) is 2.28. The molecule has 36 heavy (non-hydrogen) atoms. The largest absolute Gasteiger partial charge is 0.394 e. The lowest BCUT2D eigenvalue weighted by molar-refractivity contribution is -0.128. The quantitative estimate of drug-likeness (QED) is 0.0645. The van der Waals surface area contributed by atoms with Crippen LogP contribution in [0.25, 0.3) is 0 Å². The van der Waals surface area contributed by atoms with Gasteiger partial charge in [0.2, 0.25) is 11.8 Å². The van der Waals surface area contributed by atoms with E-state index in [4.69, 9.17) is 17.0 Å². The van der Waals surface area contributed by atoms with Gasteiger partial charge in [-0.3, -0.25) is 19.3 Å². The number of rotatable bonds is 10. The summed E-state index contributed by atoms with van der Waals surface area (Å²) in [5.41, 5.74) is 0.764. The molecule has 12 nitrogen and oxygen atoms in total. The number of hydrogen-bond acceptors (Lipinski definition) is 9. The average molecular weight is 522 g/mol. The molecule has 0 radical (unpaired) electrons. The number of urea groups is 1. The van der Waals surface area contributed by atoms with Gasteiger partial charge in [-0.2, -0.15) is 0 Å². The number of thiocarbonyl (C=S) groups is 1. The molecule has 0 spiro atoms. The Balaban J connectivity index is 1.80. The Morgan fingerprint density at radius 3 is 2.78 bits per heavy atom. The molecule has 0 aromatic heterocycles. The lowest BCUT2D eigenvalue weighted by atomic mass is 9.97. The van der Waals surface area contributed by atoms with Crippen molar-refractivity contribution in [1.29, 1.82) is 0 Å². The highest BCUT2D eigenvalue weighted by molar-refractivity contribution is 7.80. The zero-order chi connectivity index (χ0) is 26.7. The van der Waals surface area contributed by atoms with Gasteiger partial charge in [0, 0.05) is 39.2 Å². The highest BCUT2D eigenvalue weighted by Gasteiger charge is 2.38. The van der Waals surface area contributed by atoms with E-state index in [0.717, 1.165) is 10.5 Å². The van der Waals surface area contributed by atoms with Gasteiger partial charge < -0.3 is 36.2 Å². The molecule has 2 aliphatic heterocycles. The number of carbonyl (C=O) groups is 4. The SMILES string of the molecule is CNC(=O)N(/C=C(/C#CCNCCNC(=O)CC1C=C(C)C(=S)NC1=O)C=O)[C@H]1C[C@H](O)[C@@H](CO)O1. The number of hydrogen-bond donors (Lipinski definition) is 6. The second-order valence-corrected chi connectivity index (χ2v) is 8.49. The highest BCUT2D eigenvalue weighted by atomic mass is 32.1. The molecular weight excluding hydrogens is 490 g/mol. The van der Waals surface area contributed by atoms with Crippen LogP contribution in [0.4, 0.5) is 4.79 Å². The number of carbonyl (C=O) groups excluding carboxylic acids is 4. The smallest absolute Gasteiger partial charge is 0.323 e. The summed E-state index contributed by atoms with van der Waals surface area (Å²) in [6, 6.07) is -0.570. The van der Waals surface area contributed by atoms with Crippen molar-refractivity contribution in [3.8, 4) is 11.8 Å². The summed E-state index contributed by atoms with van der Waals surface area (Å²) < 4.78 is 5.48. The Labute approximate surface area is 214 Å². The van der Waals surface area contributed by atoms with Gasteiger partial charge in [-0.15, -0.1) is 0 Å². The van der Waals surface area contributed by atoms with Crippen LogP contribution in [-0.4, -0.2) is 96.0 Å². The van der Waals surface area contributed by atoms with Crippen LogP contribution in [0, 0.1) is 17.8 Å². The van der Waals surface area contributed by atoms with Gasteiger partial charge in [-0.25, -0.2) is 4.79 Å². The van der Waals surface area contributed by atoms with Crippen molar-refractivity contribution in [1.82, 2.24) is 26.2 Å². The molecule has 2 heterocycles. The number of nitrogens with one attached hydrogen (secondary N) is 4. The van der Waals surface area contributed by atoms with Crippen molar-refractivity contribution in [3.63, 3.8) is 0 Å². The van der Waals surface area contributed by atoms with E-state index in [2.05, 4.69) is 33.1 Å². The van der Waals surface area contributed by atoms with Crippen LogP contribution in [0.1, 0.15) is 19.8 Å². The van der Waals surface area contributed by atoms with Crippen molar-refractivity contribution in [2.45, 2.75) is 38.2 Å². The number of allylic oxidation sites excluding steroid dienone is 1. The third-order valence-corrected chi connectivity index (χ3v) is 5.83. The molecule has 4 atom stereocenters. The van der Waals surface area contributed by atoms with E-state index < -0.39 is 37.0 Å². The van der Waals surface area contributed by atoms with E-state index >= 15 is 0 Å². The van der Waals surface area contributed by atoms with E-state index in [-0.39, 0.29) is 36.8 Å². The van der Waals surface area contributed by atoms with Crippen LogP contribution in [0.2, 0.25) is 0 Å². The lowest BCUT2D eigenvalue weighted by Crippen LogP contribution is -2.42. The maximum absolute atomic E-state index is 12.2. The molecule has 4 amide bonds. The first-order chi connectivity index (χ1) is 17.2. The maximum Gasteiger partial charge on any atom is 0.323 e. The van der Waals surface area contributed by atoms with Gasteiger partial charge in [-0.05, 0) is 12.5 Å². The maximum atomic E-state index is 12.2. The van der Waals surface area contributed by atoms with Gasteiger partial charge in [0.15, 0.2) is 6.29 Å².